The number of rotatable bonds is 12. The Kier molecular flexibility index (Phi) is 19.8. The zero-order chi connectivity index (χ0) is 75.1. The van der Waals surface area contributed by atoms with Crippen molar-refractivity contribution in [1.29, 1.82) is 0 Å². The molecular formula is C90H100N6O12. The first-order chi connectivity index (χ1) is 52.1. The van der Waals surface area contributed by atoms with Gasteiger partial charge in [-0.05, 0) is 166 Å². The normalized spacial score (nSPS) is 33.2. The van der Waals surface area contributed by atoms with E-state index in [1.807, 2.05) is 51.4 Å². The molecule has 6 heterocycles. The highest BCUT2D eigenvalue weighted by Crippen LogP contribution is 2.66. The molecule has 18 heteroatoms. The van der Waals surface area contributed by atoms with Crippen LogP contribution in [0.5, 0.6) is 0 Å². The highest BCUT2D eigenvalue weighted by molar-refractivity contribution is 6.01. The largest absolute Gasteiger partial charge is 0.489 e. The number of fused-ring (bicyclic) bond motifs is 12. The number of methoxy groups -OCH3 is 3. The van der Waals surface area contributed by atoms with Crippen molar-refractivity contribution >= 4 is 67.4 Å². The second-order valence-corrected chi connectivity index (χ2v) is 33.6. The molecule has 18 nitrogen and oxygen atoms in total. The first kappa shape index (κ1) is 72.9. The zero-order valence-electron chi connectivity index (χ0n) is 63.5. The van der Waals surface area contributed by atoms with Gasteiger partial charge < -0.3 is 44.4 Å². The van der Waals surface area contributed by atoms with E-state index >= 15 is 0 Å². The van der Waals surface area contributed by atoms with Gasteiger partial charge in [-0.15, -0.1) is 0 Å². The molecule has 6 aromatic rings. The van der Waals surface area contributed by atoms with Gasteiger partial charge in [0.25, 0.3) is 0 Å². The van der Waals surface area contributed by atoms with Gasteiger partial charge in [-0.25, -0.2) is 0 Å². The average Bonchev–Trinajstić information content (AvgIpc) is 1.55. The molecule has 0 radical (unpaired) electrons. The lowest BCUT2D eigenvalue weighted by molar-refractivity contribution is -0.121. The third-order valence-electron chi connectivity index (χ3n) is 27.2. The predicted molar refractivity (Wildman–Crippen MR) is 411 cm³/mol. The van der Waals surface area contributed by atoms with Crippen LogP contribution in [0.3, 0.4) is 0 Å². The average molecular weight is 1460 g/mol. The maximum absolute atomic E-state index is 13.0. The number of carbonyl (C=O) groups excluding carboxylic acids is 6. The van der Waals surface area contributed by atoms with Crippen molar-refractivity contribution in [3.05, 3.63) is 208 Å². The lowest BCUT2D eigenvalue weighted by Gasteiger charge is -2.48. The SMILES string of the molecule is CO[C@@H]1C[C@H]2[C@@H]3OC4=C(C=C3C=C[C@]2(C)[C@H]1c1ccc2cnccc2c1)C(=O)CC(CNC(C)=O)C4.CO[C@@H]1C[C@H]2[C@@H]3OC4=C(C=C3CC[C@]2(C)[C@H]1c1ccc2ccncc2c1)C(=O)CC(CNC(C)=O)C4.CO[C@@H]1C[C@H]2[C@@H]3OC4=C(C=C3CC[C@]2(C)[C@H]1c1ccc2cnccc2c1)C(=O)CC(CNC(C)=O)C4. The summed E-state index contributed by atoms with van der Waals surface area (Å²) in [6.45, 7) is 13.2. The summed E-state index contributed by atoms with van der Waals surface area (Å²) in [5.41, 5.74) is 9.56. The van der Waals surface area contributed by atoms with Crippen molar-refractivity contribution in [2.45, 2.75) is 179 Å². The molecule has 12 aliphatic rings. The molecule has 3 aliphatic heterocycles. The minimum absolute atomic E-state index is 0.0187. The van der Waals surface area contributed by atoms with E-state index in [-0.39, 0.29) is 129 Å². The molecule has 9 aliphatic carbocycles. The van der Waals surface area contributed by atoms with E-state index in [0.717, 1.165) is 95.1 Å². The van der Waals surface area contributed by atoms with Crippen LogP contribution in [0.2, 0.25) is 0 Å². The summed E-state index contributed by atoms with van der Waals surface area (Å²) in [6, 6.07) is 26.3. The Labute approximate surface area is 632 Å². The molecule has 3 amide bonds. The van der Waals surface area contributed by atoms with Crippen LogP contribution in [0, 0.1) is 51.8 Å². The van der Waals surface area contributed by atoms with Gasteiger partial charge in [0, 0.05) is 195 Å². The summed E-state index contributed by atoms with van der Waals surface area (Å²) in [4.78, 5) is 86.0. The first-order valence-corrected chi connectivity index (χ1v) is 39.0. The van der Waals surface area contributed by atoms with E-state index in [1.54, 1.807) is 7.11 Å². The molecule has 562 valence electrons. The van der Waals surface area contributed by atoms with Crippen LogP contribution in [-0.4, -0.2) is 128 Å². The van der Waals surface area contributed by atoms with Gasteiger partial charge in [0.05, 0.1) is 35.0 Å². The van der Waals surface area contributed by atoms with E-state index in [4.69, 9.17) is 28.4 Å². The maximum Gasteiger partial charge on any atom is 0.216 e. The topological polar surface area (TPSA) is 233 Å². The van der Waals surface area contributed by atoms with E-state index in [1.165, 1.54) is 64.8 Å². The number of hydrogen-bond donors (Lipinski definition) is 3. The van der Waals surface area contributed by atoms with Crippen molar-refractivity contribution in [3.63, 3.8) is 0 Å². The fraction of sp³-hybridized carbons (Fsp3) is 0.478. The summed E-state index contributed by atoms with van der Waals surface area (Å²) in [7, 11) is 5.46. The Morgan fingerprint density at radius 1 is 0.454 bits per heavy atom. The number of Topliss-reactive ketones (excluding diaryl/α,β-unsaturated/α-hetero) is 3. The Bertz CT molecular complexity index is 4690. The predicted octanol–water partition coefficient (Wildman–Crippen LogP) is 14.3. The van der Waals surface area contributed by atoms with E-state index in [2.05, 4.69) is 155 Å². The molecule has 18 rings (SSSR count). The van der Waals surface area contributed by atoms with Gasteiger partial charge in [-0.2, -0.15) is 0 Å². The minimum atomic E-state index is -0.157. The molecule has 0 spiro atoms. The highest BCUT2D eigenvalue weighted by Gasteiger charge is 2.62. The van der Waals surface area contributed by atoms with Gasteiger partial charge in [0.15, 0.2) is 17.3 Å². The van der Waals surface area contributed by atoms with Gasteiger partial charge in [-0.3, -0.25) is 43.7 Å². The lowest BCUT2D eigenvalue weighted by atomic mass is 9.61. The number of benzene rings is 3. The number of hydrogen-bond acceptors (Lipinski definition) is 15. The fourth-order valence-electron chi connectivity index (χ4n) is 21.7. The molecule has 0 bridgehead atoms. The molecule has 5 fully saturated rings. The van der Waals surface area contributed by atoms with E-state index < -0.39 is 0 Å². The fourth-order valence-corrected chi connectivity index (χ4v) is 21.7. The van der Waals surface area contributed by atoms with Crippen LogP contribution >= 0.6 is 0 Å². The third-order valence-corrected chi connectivity index (χ3v) is 27.2. The van der Waals surface area contributed by atoms with Gasteiger partial charge in [0.1, 0.15) is 35.6 Å². The summed E-state index contributed by atoms with van der Waals surface area (Å²) in [6.07, 6.45) is 32.3. The number of nitrogens with one attached hydrogen (secondary N) is 3. The van der Waals surface area contributed by atoms with Crippen molar-refractivity contribution < 1.29 is 57.2 Å². The van der Waals surface area contributed by atoms with Crippen molar-refractivity contribution in [3.8, 4) is 0 Å². The van der Waals surface area contributed by atoms with Crippen LogP contribution in [0.1, 0.15) is 159 Å². The van der Waals surface area contributed by atoms with Crippen LogP contribution in [0.15, 0.2) is 191 Å². The second kappa shape index (κ2) is 29.3. The molecule has 3 unspecified atom stereocenters. The van der Waals surface area contributed by atoms with Crippen LogP contribution in [0.25, 0.3) is 32.3 Å². The third kappa shape index (κ3) is 13.4. The van der Waals surface area contributed by atoms with E-state index in [0.29, 0.717) is 75.6 Å². The molecule has 0 saturated heterocycles. The summed E-state index contributed by atoms with van der Waals surface area (Å²) >= 11 is 0. The Balaban J connectivity index is 0.000000124. The number of nitrogens with zero attached hydrogens (tertiary/aromatic N) is 3. The number of ketones is 3. The van der Waals surface area contributed by atoms with Crippen LogP contribution in [-0.2, 0) is 57.2 Å². The monoisotopic (exact) mass is 1460 g/mol. The van der Waals surface area contributed by atoms with Crippen LogP contribution in [0.4, 0.5) is 0 Å². The lowest BCUT2D eigenvalue weighted by Crippen LogP contribution is -2.44. The Morgan fingerprint density at radius 2 is 0.833 bits per heavy atom. The molecule has 5 saturated carbocycles. The summed E-state index contributed by atoms with van der Waals surface area (Å²) < 4.78 is 38.5. The number of pyridine rings is 3. The molecular weight excluding hydrogens is 1360 g/mol. The second-order valence-electron chi connectivity index (χ2n) is 33.6. The maximum atomic E-state index is 13.0. The minimum Gasteiger partial charge on any atom is -0.489 e. The van der Waals surface area contributed by atoms with Gasteiger partial charge in [0.2, 0.25) is 17.7 Å². The zero-order valence-corrected chi connectivity index (χ0v) is 63.5. The quantitative estimate of drug-likeness (QED) is 0.103. The number of carbonyl (C=O) groups is 6. The Hall–Kier alpha value is -9.23. The number of allylic oxidation sites excluding steroid dienone is 10. The van der Waals surface area contributed by atoms with Crippen LogP contribution < -0.4 is 16.0 Å². The standard InChI is InChI=1S/C30H34N2O4.C30H32N2O4.C30H34N2O4/c2*1-17(33)32-15-18-10-25(34)23-13-21-6-8-30(2)24(29(21)36-26(23)11-18)14-27(35-3)28(30)20-4-5-22-16-31-9-7-19(22)12-20;1-17(33)32-15-18-10-25(34)23-13-21-6-8-30(2)24(29(21)36-26(23)11-18)14-27(35-3)28(30)20-5-4-19-7-9-31-16-22(19)12-20/h4-5,7,9,12-13,16,18,24,27-29H,6,8,10-11,14-15H2,1-3H3,(H,32,33);4-9,12-13,16,18,24,27-29H,10-11,14-15H2,1-3H3,(H,32,33);4-5,7,9,12-13,16,18,24,27-29H,6,8,10-11,14-15H2,1-3H3,(H,32,33)/t3*18?,24-,27+,28-,29+,30-/m000/s1. The molecule has 108 heavy (non-hydrogen) atoms. The summed E-state index contributed by atoms with van der Waals surface area (Å²) in [5.74, 6) is 4.35. The molecule has 3 aromatic heterocycles. The number of amides is 3. The summed E-state index contributed by atoms with van der Waals surface area (Å²) in [5, 5.41) is 15.6. The van der Waals surface area contributed by atoms with Gasteiger partial charge in [-0.1, -0.05) is 81.5 Å². The Morgan fingerprint density at radius 3 is 1.28 bits per heavy atom. The molecule has 18 atom stereocenters. The van der Waals surface area contributed by atoms with Crippen molar-refractivity contribution in [2.75, 3.05) is 41.0 Å². The highest BCUT2D eigenvalue weighted by atomic mass is 16.5. The van der Waals surface area contributed by atoms with Gasteiger partial charge >= 0.3 is 0 Å². The van der Waals surface area contributed by atoms with Crippen molar-refractivity contribution in [2.24, 2.45) is 51.8 Å². The smallest absolute Gasteiger partial charge is 0.216 e. The first-order valence-electron chi connectivity index (χ1n) is 39.0. The molecule has 3 N–H and O–H groups in total. The number of aromatic nitrogens is 3. The van der Waals surface area contributed by atoms with Crippen molar-refractivity contribution in [1.82, 2.24) is 30.9 Å². The number of ether oxygens (including phenoxy) is 6. The molecule has 3 aromatic carbocycles. The van der Waals surface area contributed by atoms with E-state index in [9.17, 15) is 28.8 Å².